The van der Waals surface area contributed by atoms with Gasteiger partial charge in [-0.3, -0.25) is 10.1 Å². The van der Waals surface area contributed by atoms with Crippen LogP contribution in [0.4, 0.5) is 11.4 Å². The molecule has 5 heteroatoms. The average Bonchev–Trinajstić information content (AvgIpc) is 3.28. The molecule has 1 aliphatic heterocycles. The first-order valence-electron chi connectivity index (χ1n) is 8.92. The van der Waals surface area contributed by atoms with Crippen LogP contribution >= 0.6 is 0 Å². The van der Waals surface area contributed by atoms with Gasteiger partial charge in [0.05, 0.1) is 16.5 Å². The highest BCUT2D eigenvalue weighted by molar-refractivity contribution is 5.84. The van der Waals surface area contributed by atoms with Crippen LogP contribution in [-0.4, -0.2) is 9.91 Å². The fourth-order valence-electron chi connectivity index (χ4n) is 4.65. The highest BCUT2D eigenvalue weighted by Crippen LogP contribution is 2.53. The van der Waals surface area contributed by atoms with Crippen LogP contribution in [0.1, 0.15) is 35.1 Å². The Morgan fingerprint density at radius 3 is 2.88 bits per heavy atom. The van der Waals surface area contributed by atoms with Crippen molar-refractivity contribution in [3.8, 4) is 0 Å². The van der Waals surface area contributed by atoms with Crippen molar-refractivity contribution in [2.75, 3.05) is 5.32 Å². The van der Waals surface area contributed by atoms with E-state index >= 15 is 0 Å². The van der Waals surface area contributed by atoms with Crippen LogP contribution in [0.25, 0.3) is 10.9 Å². The summed E-state index contributed by atoms with van der Waals surface area (Å²) in [6.45, 7) is 2.01. The summed E-state index contributed by atoms with van der Waals surface area (Å²) in [6, 6.07) is 11.9. The topological polar surface area (TPSA) is 71.0 Å². The van der Waals surface area contributed by atoms with Crippen LogP contribution in [0.2, 0.25) is 0 Å². The third kappa shape index (κ3) is 2.03. The molecule has 3 unspecified atom stereocenters. The molecule has 0 bridgehead atoms. The van der Waals surface area contributed by atoms with Crippen molar-refractivity contribution in [2.45, 2.75) is 25.3 Å². The Morgan fingerprint density at radius 1 is 1.19 bits per heavy atom. The minimum Gasteiger partial charge on any atom is -0.377 e. The summed E-state index contributed by atoms with van der Waals surface area (Å²) in [4.78, 5) is 14.7. The van der Waals surface area contributed by atoms with Gasteiger partial charge in [-0.25, -0.2) is 0 Å². The molecule has 0 radical (unpaired) electrons. The molecule has 0 spiro atoms. The Hall–Kier alpha value is -3.08. The van der Waals surface area contributed by atoms with Gasteiger partial charge in [0, 0.05) is 34.8 Å². The van der Waals surface area contributed by atoms with Crippen LogP contribution in [0.15, 0.2) is 54.7 Å². The SMILES string of the molecule is Cc1ccc([N+](=O)[O-])c2c1NC(c1c[nH]c3ccccc13)C1CC=CC21. The number of aryl methyl sites for hydroxylation is 1. The number of nitrogens with one attached hydrogen (secondary N) is 2. The van der Waals surface area contributed by atoms with E-state index in [2.05, 4.69) is 46.8 Å². The van der Waals surface area contributed by atoms with Gasteiger partial charge in [-0.15, -0.1) is 0 Å². The zero-order chi connectivity index (χ0) is 17.8. The van der Waals surface area contributed by atoms with E-state index < -0.39 is 0 Å². The maximum Gasteiger partial charge on any atom is 0.275 e. The molecular formula is C21H19N3O2. The van der Waals surface area contributed by atoms with E-state index in [1.54, 1.807) is 6.07 Å². The number of anilines is 1. The summed E-state index contributed by atoms with van der Waals surface area (Å²) in [7, 11) is 0. The molecule has 3 aromatic rings. The predicted octanol–water partition coefficient (Wildman–Crippen LogP) is 5.21. The molecule has 130 valence electrons. The molecule has 0 saturated carbocycles. The number of allylic oxidation sites excluding steroid dienone is 2. The van der Waals surface area contributed by atoms with E-state index in [0.717, 1.165) is 28.8 Å². The highest BCUT2D eigenvalue weighted by Gasteiger charge is 2.42. The maximum atomic E-state index is 11.6. The van der Waals surface area contributed by atoms with E-state index in [-0.39, 0.29) is 28.5 Å². The van der Waals surface area contributed by atoms with E-state index in [9.17, 15) is 10.1 Å². The number of nitro benzene ring substituents is 1. The van der Waals surface area contributed by atoms with Gasteiger partial charge in [-0.1, -0.05) is 36.4 Å². The van der Waals surface area contributed by atoms with Crippen molar-refractivity contribution in [3.05, 3.63) is 81.6 Å². The zero-order valence-corrected chi connectivity index (χ0v) is 14.4. The molecule has 2 heterocycles. The Bertz CT molecular complexity index is 1070. The number of hydrogen-bond acceptors (Lipinski definition) is 3. The minimum absolute atomic E-state index is 0.0743. The Balaban J connectivity index is 1.71. The highest BCUT2D eigenvalue weighted by atomic mass is 16.6. The number of rotatable bonds is 2. The number of para-hydroxylation sites is 1. The lowest BCUT2D eigenvalue weighted by Gasteiger charge is -2.37. The molecule has 0 fully saturated rings. The van der Waals surface area contributed by atoms with Crippen LogP contribution in [0.3, 0.4) is 0 Å². The van der Waals surface area contributed by atoms with Gasteiger partial charge in [-0.05, 0) is 36.5 Å². The Morgan fingerprint density at radius 2 is 2.04 bits per heavy atom. The van der Waals surface area contributed by atoms with Gasteiger partial charge in [0.2, 0.25) is 0 Å². The first-order chi connectivity index (χ1) is 12.6. The standard InChI is InChI=1S/C21H19N3O2/c1-12-9-10-18(24(25)26)19-14-6-4-7-15(14)21(23-20(12)19)16-11-22-17-8-3-2-5-13(16)17/h2-6,8-11,14-15,21-23H,7H2,1H3. The van der Waals surface area contributed by atoms with Gasteiger partial charge < -0.3 is 10.3 Å². The number of nitrogens with zero attached hydrogens (tertiary/aromatic N) is 1. The van der Waals surface area contributed by atoms with Crippen molar-refractivity contribution < 1.29 is 4.92 Å². The number of fused-ring (bicyclic) bond motifs is 4. The quantitative estimate of drug-likeness (QED) is 0.380. The first kappa shape index (κ1) is 15.2. The lowest BCUT2D eigenvalue weighted by atomic mass is 9.75. The summed E-state index contributed by atoms with van der Waals surface area (Å²) in [5.41, 5.74) is 5.38. The Kier molecular flexibility index (Phi) is 3.19. The van der Waals surface area contributed by atoms with E-state index in [1.807, 2.05) is 19.1 Å². The lowest BCUT2D eigenvalue weighted by molar-refractivity contribution is -0.385. The predicted molar refractivity (Wildman–Crippen MR) is 102 cm³/mol. The van der Waals surface area contributed by atoms with Crippen LogP contribution in [-0.2, 0) is 0 Å². The van der Waals surface area contributed by atoms with Crippen LogP contribution in [0, 0.1) is 23.0 Å². The van der Waals surface area contributed by atoms with Gasteiger partial charge in [0.25, 0.3) is 5.69 Å². The van der Waals surface area contributed by atoms with Crippen molar-refractivity contribution >= 4 is 22.3 Å². The summed E-state index contributed by atoms with van der Waals surface area (Å²) in [6.07, 6.45) is 7.32. The molecule has 5 nitrogen and oxygen atoms in total. The number of aromatic amines is 1. The average molecular weight is 345 g/mol. The molecule has 5 rings (SSSR count). The fraction of sp³-hybridized carbons (Fsp3) is 0.238. The second kappa shape index (κ2) is 5.46. The molecule has 1 aliphatic carbocycles. The summed E-state index contributed by atoms with van der Waals surface area (Å²) < 4.78 is 0. The second-order valence-electron chi connectivity index (χ2n) is 7.21. The van der Waals surface area contributed by atoms with Crippen molar-refractivity contribution in [2.24, 2.45) is 5.92 Å². The van der Waals surface area contributed by atoms with Gasteiger partial charge in [0.15, 0.2) is 0 Å². The van der Waals surface area contributed by atoms with E-state index in [4.69, 9.17) is 0 Å². The lowest BCUT2D eigenvalue weighted by Crippen LogP contribution is -2.30. The molecule has 3 atom stereocenters. The largest absolute Gasteiger partial charge is 0.377 e. The number of benzene rings is 2. The number of aromatic nitrogens is 1. The monoisotopic (exact) mass is 345 g/mol. The summed E-state index contributed by atoms with van der Waals surface area (Å²) in [5, 5.41) is 16.5. The third-order valence-electron chi connectivity index (χ3n) is 5.86. The second-order valence-corrected chi connectivity index (χ2v) is 7.21. The molecule has 0 amide bonds. The normalized spacial score (nSPS) is 23.5. The van der Waals surface area contributed by atoms with Gasteiger partial charge in [-0.2, -0.15) is 0 Å². The smallest absolute Gasteiger partial charge is 0.275 e. The molecular weight excluding hydrogens is 326 g/mol. The summed E-state index contributed by atoms with van der Waals surface area (Å²) >= 11 is 0. The number of nitro groups is 1. The maximum absolute atomic E-state index is 11.6. The van der Waals surface area contributed by atoms with Crippen LogP contribution in [0.5, 0.6) is 0 Å². The van der Waals surface area contributed by atoms with Gasteiger partial charge in [0.1, 0.15) is 0 Å². The van der Waals surface area contributed by atoms with Gasteiger partial charge >= 0.3 is 0 Å². The Labute approximate surface area is 150 Å². The first-order valence-corrected chi connectivity index (χ1v) is 8.92. The molecule has 2 aliphatic rings. The minimum atomic E-state index is -0.255. The van der Waals surface area contributed by atoms with E-state index in [0.29, 0.717) is 0 Å². The third-order valence-corrected chi connectivity index (χ3v) is 5.86. The fourth-order valence-corrected chi connectivity index (χ4v) is 4.65. The van der Waals surface area contributed by atoms with Crippen LogP contribution < -0.4 is 5.32 Å². The molecule has 2 aromatic carbocycles. The molecule has 0 saturated heterocycles. The van der Waals surface area contributed by atoms with E-state index in [1.165, 1.54) is 10.9 Å². The molecule has 2 N–H and O–H groups in total. The van der Waals surface area contributed by atoms with Crippen molar-refractivity contribution in [3.63, 3.8) is 0 Å². The summed E-state index contributed by atoms with van der Waals surface area (Å²) in [5.74, 6) is 0.354. The molecule has 1 aromatic heterocycles. The molecule has 26 heavy (non-hydrogen) atoms. The zero-order valence-electron chi connectivity index (χ0n) is 14.4. The number of H-pyrrole nitrogens is 1. The van der Waals surface area contributed by atoms with Crippen molar-refractivity contribution in [1.82, 2.24) is 4.98 Å². The number of hydrogen-bond donors (Lipinski definition) is 2. The van der Waals surface area contributed by atoms with Crippen molar-refractivity contribution in [1.29, 1.82) is 0 Å².